The fourth-order valence-corrected chi connectivity index (χ4v) is 2.10. The molecule has 0 spiro atoms. The normalized spacial score (nSPS) is 15.6. The van der Waals surface area contributed by atoms with Crippen LogP contribution in [0, 0.1) is 16.7 Å². The summed E-state index contributed by atoms with van der Waals surface area (Å²) in [5.74, 6) is 1.48. The summed E-state index contributed by atoms with van der Waals surface area (Å²) in [5.41, 5.74) is 6.78. The molecule has 1 aromatic carbocycles. The number of methoxy groups -OCH3 is 1. The molecule has 0 heterocycles. The van der Waals surface area contributed by atoms with Gasteiger partial charge in [0.1, 0.15) is 0 Å². The van der Waals surface area contributed by atoms with Crippen LogP contribution in [-0.2, 0) is 6.42 Å². The van der Waals surface area contributed by atoms with Gasteiger partial charge in [0.25, 0.3) is 0 Å². The van der Waals surface area contributed by atoms with Crippen LogP contribution >= 0.6 is 0 Å². The second-order valence-corrected chi connectivity index (χ2v) is 5.15. The van der Waals surface area contributed by atoms with Crippen molar-refractivity contribution >= 4 is 0 Å². The summed E-state index contributed by atoms with van der Waals surface area (Å²) in [6.45, 7) is 1.20. The molecule has 1 fully saturated rings. The van der Waals surface area contributed by atoms with Gasteiger partial charge in [-0.3, -0.25) is 0 Å². The number of nitrogens with zero attached hydrogens (tertiary/aromatic N) is 1. The fourth-order valence-electron chi connectivity index (χ4n) is 2.10. The van der Waals surface area contributed by atoms with Crippen LogP contribution in [0.2, 0.25) is 0 Å². The van der Waals surface area contributed by atoms with E-state index < -0.39 is 0 Å². The van der Waals surface area contributed by atoms with Crippen LogP contribution < -0.4 is 15.2 Å². The summed E-state index contributed by atoms with van der Waals surface area (Å²) in [4.78, 5) is 0. The van der Waals surface area contributed by atoms with E-state index in [1.54, 1.807) is 7.11 Å². The van der Waals surface area contributed by atoms with Gasteiger partial charge in [0, 0.05) is 11.8 Å². The molecule has 0 saturated heterocycles. The molecule has 4 heteroatoms. The highest BCUT2D eigenvalue weighted by Gasteiger charge is 2.43. The molecule has 1 aliphatic rings. The van der Waals surface area contributed by atoms with Crippen molar-refractivity contribution in [1.82, 2.24) is 0 Å². The lowest BCUT2D eigenvalue weighted by atomic mass is 10.1. The van der Waals surface area contributed by atoms with Crippen LogP contribution in [0.15, 0.2) is 18.2 Å². The number of hydrogen-bond acceptors (Lipinski definition) is 4. The van der Waals surface area contributed by atoms with E-state index in [1.807, 2.05) is 18.2 Å². The Morgan fingerprint density at radius 1 is 1.37 bits per heavy atom. The van der Waals surface area contributed by atoms with Crippen LogP contribution in [0.4, 0.5) is 0 Å². The maximum absolute atomic E-state index is 8.81. The van der Waals surface area contributed by atoms with Crippen molar-refractivity contribution in [2.45, 2.75) is 25.7 Å². The summed E-state index contributed by atoms with van der Waals surface area (Å²) in [6, 6.07) is 8.13. The molecule has 0 aliphatic heterocycles. The molecule has 1 saturated carbocycles. The van der Waals surface area contributed by atoms with Gasteiger partial charge < -0.3 is 15.2 Å². The molecule has 2 rings (SSSR count). The second kappa shape index (κ2) is 5.94. The maximum Gasteiger partial charge on any atom is 0.161 e. The Morgan fingerprint density at radius 3 is 2.74 bits per heavy atom. The molecule has 0 aromatic heterocycles. The van der Waals surface area contributed by atoms with E-state index in [1.165, 1.54) is 0 Å². The Labute approximate surface area is 114 Å². The summed E-state index contributed by atoms with van der Waals surface area (Å²) in [6.07, 6.45) is 3.54. The maximum atomic E-state index is 8.81. The SMILES string of the molecule is COc1ccc(CCN)cc1OCC1(CC#N)CC1. The van der Waals surface area contributed by atoms with Gasteiger partial charge in [-0.05, 0) is 43.5 Å². The minimum absolute atomic E-state index is 0.0730. The van der Waals surface area contributed by atoms with Gasteiger partial charge in [0.15, 0.2) is 11.5 Å². The largest absolute Gasteiger partial charge is 0.493 e. The van der Waals surface area contributed by atoms with E-state index in [9.17, 15) is 0 Å². The topological polar surface area (TPSA) is 68.3 Å². The van der Waals surface area contributed by atoms with E-state index >= 15 is 0 Å². The highest BCUT2D eigenvalue weighted by molar-refractivity contribution is 5.43. The van der Waals surface area contributed by atoms with Crippen molar-refractivity contribution in [2.24, 2.45) is 11.1 Å². The summed E-state index contributed by atoms with van der Waals surface area (Å²) in [5, 5.41) is 8.81. The molecule has 0 bridgehead atoms. The quantitative estimate of drug-likeness (QED) is 0.816. The summed E-state index contributed by atoms with van der Waals surface area (Å²) in [7, 11) is 1.63. The Bertz CT molecular complexity index is 476. The minimum Gasteiger partial charge on any atom is -0.493 e. The Morgan fingerprint density at radius 2 is 2.16 bits per heavy atom. The summed E-state index contributed by atoms with van der Waals surface area (Å²) >= 11 is 0. The average molecular weight is 260 g/mol. The van der Waals surface area contributed by atoms with E-state index in [2.05, 4.69) is 6.07 Å². The zero-order chi connectivity index (χ0) is 13.7. The lowest BCUT2D eigenvalue weighted by Gasteiger charge is -2.16. The minimum atomic E-state index is 0.0730. The second-order valence-electron chi connectivity index (χ2n) is 5.15. The molecule has 102 valence electrons. The van der Waals surface area contributed by atoms with E-state index in [-0.39, 0.29) is 5.41 Å². The first-order valence-electron chi connectivity index (χ1n) is 6.60. The third-order valence-corrected chi connectivity index (χ3v) is 3.61. The standard InChI is InChI=1S/C15H20N2O2/c1-18-13-3-2-12(4-8-16)10-14(13)19-11-15(5-6-15)7-9-17/h2-3,10H,4-8,11,16H2,1H3. The zero-order valence-electron chi connectivity index (χ0n) is 11.3. The number of ether oxygens (including phenoxy) is 2. The van der Waals surface area contributed by atoms with Gasteiger partial charge in [0.05, 0.1) is 19.8 Å². The van der Waals surface area contributed by atoms with Gasteiger partial charge in [-0.25, -0.2) is 0 Å². The average Bonchev–Trinajstić information content (AvgIpc) is 3.18. The smallest absolute Gasteiger partial charge is 0.161 e. The lowest BCUT2D eigenvalue weighted by molar-refractivity contribution is 0.227. The lowest BCUT2D eigenvalue weighted by Crippen LogP contribution is -2.13. The number of nitrogens with two attached hydrogens (primary N) is 1. The predicted molar refractivity (Wildman–Crippen MR) is 73.1 cm³/mol. The van der Waals surface area contributed by atoms with Crippen LogP contribution in [0.25, 0.3) is 0 Å². The molecule has 4 nitrogen and oxygen atoms in total. The Hall–Kier alpha value is -1.73. The Balaban J connectivity index is 2.05. The van der Waals surface area contributed by atoms with Crippen molar-refractivity contribution < 1.29 is 9.47 Å². The fraction of sp³-hybridized carbons (Fsp3) is 0.533. The summed E-state index contributed by atoms with van der Waals surface area (Å²) < 4.78 is 11.2. The van der Waals surface area contributed by atoms with Crippen LogP contribution in [-0.4, -0.2) is 20.3 Å². The first-order valence-corrected chi connectivity index (χ1v) is 6.60. The first-order chi connectivity index (χ1) is 9.23. The van der Waals surface area contributed by atoms with Crippen molar-refractivity contribution in [3.63, 3.8) is 0 Å². The third-order valence-electron chi connectivity index (χ3n) is 3.61. The molecule has 0 amide bonds. The third kappa shape index (κ3) is 3.39. The van der Waals surface area contributed by atoms with E-state index in [4.69, 9.17) is 20.5 Å². The first kappa shape index (κ1) is 13.7. The highest BCUT2D eigenvalue weighted by atomic mass is 16.5. The number of nitriles is 1. The van der Waals surface area contributed by atoms with Gasteiger partial charge in [-0.15, -0.1) is 0 Å². The van der Waals surface area contributed by atoms with Crippen molar-refractivity contribution in [3.8, 4) is 17.6 Å². The number of rotatable bonds is 7. The van der Waals surface area contributed by atoms with Crippen molar-refractivity contribution in [3.05, 3.63) is 23.8 Å². The van der Waals surface area contributed by atoms with Gasteiger partial charge in [0.2, 0.25) is 0 Å². The zero-order valence-corrected chi connectivity index (χ0v) is 11.3. The van der Waals surface area contributed by atoms with E-state index in [0.717, 1.165) is 36.3 Å². The van der Waals surface area contributed by atoms with Gasteiger partial charge in [-0.2, -0.15) is 5.26 Å². The molecular formula is C15H20N2O2. The van der Waals surface area contributed by atoms with Crippen molar-refractivity contribution in [1.29, 1.82) is 5.26 Å². The monoisotopic (exact) mass is 260 g/mol. The Kier molecular flexibility index (Phi) is 4.28. The van der Waals surface area contributed by atoms with E-state index in [0.29, 0.717) is 19.6 Å². The predicted octanol–water partition coefficient (Wildman–Crippen LogP) is 2.27. The molecule has 0 atom stereocenters. The van der Waals surface area contributed by atoms with Crippen LogP contribution in [0.3, 0.4) is 0 Å². The molecule has 1 aliphatic carbocycles. The van der Waals surface area contributed by atoms with Gasteiger partial charge in [-0.1, -0.05) is 6.07 Å². The van der Waals surface area contributed by atoms with Crippen molar-refractivity contribution in [2.75, 3.05) is 20.3 Å². The van der Waals surface area contributed by atoms with Crippen LogP contribution in [0.5, 0.6) is 11.5 Å². The number of hydrogen-bond donors (Lipinski definition) is 1. The molecule has 2 N–H and O–H groups in total. The van der Waals surface area contributed by atoms with Gasteiger partial charge >= 0.3 is 0 Å². The molecule has 19 heavy (non-hydrogen) atoms. The molecular weight excluding hydrogens is 240 g/mol. The highest BCUT2D eigenvalue weighted by Crippen LogP contribution is 2.49. The molecule has 1 aromatic rings. The molecule has 0 unspecified atom stereocenters. The van der Waals surface area contributed by atoms with Crippen LogP contribution in [0.1, 0.15) is 24.8 Å². The number of benzene rings is 1. The molecule has 0 radical (unpaired) electrons.